The smallest absolute Gasteiger partial charge is 0.223 e. The van der Waals surface area contributed by atoms with E-state index in [1.165, 1.54) is 33.4 Å². The van der Waals surface area contributed by atoms with E-state index < -0.39 is 0 Å². The van der Waals surface area contributed by atoms with E-state index in [0.29, 0.717) is 18.2 Å². The topological polar surface area (TPSA) is 42.0 Å². The Kier molecular flexibility index (Phi) is 8.07. The lowest BCUT2D eigenvalue weighted by Crippen LogP contribution is -2.59. The van der Waals surface area contributed by atoms with Crippen molar-refractivity contribution in [3.63, 3.8) is 0 Å². The van der Waals surface area contributed by atoms with Crippen molar-refractivity contribution in [1.82, 2.24) is 9.80 Å². The average Bonchev–Trinajstić information content (AvgIpc) is 2.90. The maximum atomic E-state index is 13.8. The first-order valence-electron chi connectivity index (χ1n) is 15.2. The first-order chi connectivity index (χ1) is 19.1. The van der Waals surface area contributed by atoms with E-state index in [2.05, 4.69) is 74.8 Å². The van der Waals surface area contributed by atoms with Crippen LogP contribution in [0, 0.1) is 19.8 Å². The molecule has 1 spiro atoms. The maximum absolute atomic E-state index is 13.8. The van der Waals surface area contributed by atoms with Crippen molar-refractivity contribution >= 4 is 5.91 Å². The molecule has 2 aromatic carbocycles. The van der Waals surface area contributed by atoms with Gasteiger partial charge in [-0.15, -0.1) is 0 Å². The van der Waals surface area contributed by atoms with Crippen molar-refractivity contribution in [3.05, 3.63) is 69.8 Å². The Hall–Kier alpha value is -2.79. The first kappa shape index (κ1) is 28.7. The molecule has 2 fully saturated rings. The van der Waals surface area contributed by atoms with Gasteiger partial charge in [0.05, 0.1) is 19.8 Å². The lowest BCUT2D eigenvalue weighted by molar-refractivity contribution is -0.139. The summed E-state index contributed by atoms with van der Waals surface area (Å²) < 4.78 is 11.6. The number of aryl methyl sites for hydroxylation is 2. The van der Waals surface area contributed by atoms with Gasteiger partial charge < -0.3 is 14.4 Å². The third-order valence-corrected chi connectivity index (χ3v) is 9.68. The van der Waals surface area contributed by atoms with Gasteiger partial charge in [0.15, 0.2) is 0 Å². The number of methoxy groups -OCH3 is 2. The number of hydrogen-bond donors (Lipinski definition) is 0. The summed E-state index contributed by atoms with van der Waals surface area (Å²) in [6, 6.07) is 11.1. The summed E-state index contributed by atoms with van der Waals surface area (Å²) in [5, 5.41) is 0. The van der Waals surface area contributed by atoms with Crippen LogP contribution in [0.1, 0.15) is 80.7 Å². The molecule has 0 saturated carbocycles. The molecule has 2 bridgehead atoms. The number of rotatable bonds is 5. The van der Waals surface area contributed by atoms with Gasteiger partial charge in [-0.2, -0.15) is 0 Å². The van der Waals surface area contributed by atoms with E-state index in [1.807, 2.05) is 6.07 Å². The van der Waals surface area contributed by atoms with Gasteiger partial charge >= 0.3 is 0 Å². The molecule has 1 unspecified atom stereocenters. The van der Waals surface area contributed by atoms with Crippen LogP contribution in [-0.2, 0) is 23.2 Å². The van der Waals surface area contributed by atoms with E-state index in [-0.39, 0.29) is 11.0 Å². The number of likely N-dealkylation sites (tertiary alicyclic amines) is 2. The van der Waals surface area contributed by atoms with Crippen molar-refractivity contribution in [2.75, 3.05) is 33.9 Å². The number of amides is 1. The number of fused-ring (bicyclic) bond motifs is 4. The molecule has 0 radical (unpaired) electrons. The van der Waals surface area contributed by atoms with Gasteiger partial charge in [0, 0.05) is 49.6 Å². The molecule has 40 heavy (non-hydrogen) atoms. The van der Waals surface area contributed by atoms with Crippen molar-refractivity contribution in [1.29, 1.82) is 0 Å². The Labute approximate surface area is 241 Å². The number of allylic oxidation sites excluding steroid dienone is 1. The zero-order valence-corrected chi connectivity index (χ0v) is 25.7. The van der Waals surface area contributed by atoms with Gasteiger partial charge in [-0.3, -0.25) is 9.69 Å². The maximum Gasteiger partial charge on any atom is 0.223 e. The van der Waals surface area contributed by atoms with Crippen LogP contribution in [0.3, 0.4) is 0 Å². The van der Waals surface area contributed by atoms with E-state index in [9.17, 15) is 4.79 Å². The van der Waals surface area contributed by atoms with Crippen LogP contribution in [0.2, 0.25) is 0 Å². The molecule has 1 amide bonds. The van der Waals surface area contributed by atoms with E-state index in [0.717, 1.165) is 69.8 Å². The summed E-state index contributed by atoms with van der Waals surface area (Å²) in [6.07, 6.45) is 8.02. The minimum Gasteiger partial charge on any atom is -0.497 e. The SMILES string of the molecule is CCN1C(=O)CCC2C/C(=C\C(C)(C)c3c(cc(OC)cc3OC)C2)C12CCN(Cc1cc(C)cc(C)c1)CC2. The number of nitrogens with zero attached hydrogens (tertiary/aromatic N) is 2. The molecule has 3 aliphatic rings. The van der Waals surface area contributed by atoms with Crippen LogP contribution < -0.4 is 9.47 Å². The Bertz CT molecular complexity index is 1270. The fourth-order valence-corrected chi connectivity index (χ4v) is 8.05. The van der Waals surface area contributed by atoms with Gasteiger partial charge in [0.25, 0.3) is 0 Å². The average molecular weight is 545 g/mol. The number of likely N-dealkylation sites (N-methyl/N-ethyl adjacent to an activating group) is 1. The Balaban J connectivity index is 1.55. The lowest BCUT2D eigenvalue weighted by Gasteiger charge is -2.53. The predicted molar refractivity (Wildman–Crippen MR) is 162 cm³/mol. The molecule has 2 heterocycles. The third-order valence-electron chi connectivity index (χ3n) is 9.68. The fourth-order valence-electron chi connectivity index (χ4n) is 8.05. The summed E-state index contributed by atoms with van der Waals surface area (Å²) in [5.41, 5.74) is 7.59. The fraction of sp³-hybridized carbons (Fsp3) is 0.571. The molecular formula is C35H48N2O3. The quantitative estimate of drug-likeness (QED) is 0.390. The number of piperidine rings is 1. The summed E-state index contributed by atoms with van der Waals surface area (Å²) in [7, 11) is 3.48. The van der Waals surface area contributed by atoms with Crippen LogP contribution in [0.4, 0.5) is 0 Å². The third kappa shape index (κ3) is 5.42. The first-order valence-corrected chi connectivity index (χ1v) is 15.2. The lowest BCUT2D eigenvalue weighted by atomic mass is 9.66. The van der Waals surface area contributed by atoms with E-state index >= 15 is 0 Å². The van der Waals surface area contributed by atoms with Crippen LogP contribution in [-0.4, -0.2) is 55.1 Å². The largest absolute Gasteiger partial charge is 0.497 e. The van der Waals surface area contributed by atoms with Crippen LogP contribution in [0.25, 0.3) is 0 Å². The van der Waals surface area contributed by atoms with Gasteiger partial charge in [-0.05, 0) is 81.6 Å². The van der Waals surface area contributed by atoms with Crippen LogP contribution >= 0.6 is 0 Å². The molecule has 5 heteroatoms. The zero-order valence-electron chi connectivity index (χ0n) is 25.7. The van der Waals surface area contributed by atoms with Gasteiger partial charge in [-0.1, -0.05) is 49.2 Å². The van der Waals surface area contributed by atoms with Gasteiger partial charge in [0.1, 0.15) is 11.5 Å². The highest BCUT2D eigenvalue weighted by molar-refractivity contribution is 5.78. The molecular weight excluding hydrogens is 496 g/mol. The van der Waals surface area contributed by atoms with E-state index in [4.69, 9.17) is 9.47 Å². The second-order valence-corrected chi connectivity index (χ2v) is 13.0. The van der Waals surface area contributed by atoms with Gasteiger partial charge in [0.2, 0.25) is 5.91 Å². The Morgan fingerprint density at radius 3 is 2.27 bits per heavy atom. The van der Waals surface area contributed by atoms with Crippen molar-refractivity contribution in [2.45, 2.75) is 90.6 Å². The minimum atomic E-state index is -0.238. The highest BCUT2D eigenvalue weighted by Gasteiger charge is 2.47. The van der Waals surface area contributed by atoms with Crippen molar-refractivity contribution in [2.24, 2.45) is 5.92 Å². The summed E-state index contributed by atoms with van der Waals surface area (Å²) >= 11 is 0. The molecule has 5 nitrogen and oxygen atoms in total. The molecule has 2 aromatic rings. The van der Waals surface area contributed by atoms with Crippen molar-refractivity contribution in [3.8, 4) is 11.5 Å². The molecule has 0 aromatic heterocycles. The normalized spacial score (nSPS) is 23.8. The predicted octanol–water partition coefficient (Wildman–Crippen LogP) is 6.76. The van der Waals surface area contributed by atoms with Crippen LogP contribution in [0.5, 0.6) is 11.5 Å². The summed E-state index contributed by atoms with van der Waals surface area (Å²) in [5.74, 6) is 2.48. The van der Waals surface area contributed by atoms with E-state index in [1.54, 1.807) is 14.2 Å². The molecule has 0 N–H and O–H groups in total. The number of hydrogen-bond acceptors (Lipinski definition) is 4. The van der Waals surface area contributed by atoms with Crippen molar-refractivity contribution < 1.29 is 14.3 Å². The molecule has 2 aliphatic heterocycles. The minimum absolute atomic E-state index is 0.224. The van der Waals surface area contributed by atoms with Crippen LogP contribution in [0.15, 0.2) is 42.0 Å². The number of benzene rings is 2. The zero-order chi connectivity index (χ0) is 28.7. The van der Waals surface area contributed by atoms with Gasteiger partial charge in [-0.25, -0.2) is 0 Å². The summed E-state index contributed by atoms with van der Waals surface area (Å²) in [6.45, 7) is 14.9. The highest BCUT2D eigenvalue weighted by atomic mass is 16.5. The highest BCUT2D eigenvalue weighted by Crippen LogP contribution is 2.49. The molecule has 216 valence electrons. The standard InChI is InChI=1S/C35H48N2O3/c1-8-37-32(38)10-9-26-18-28-20-30(39-6)21-31(40-7)33(28)34(4,5)22-29(19-26)35(37)11-13-36(14-12-35)23-27-16-24(2)15-25(3)17-27/h15-17,20-22,26H,8-14,18-19,23H2,1-7H3/b29-22+. The number of carbonyl (C=O) groups excluding carboxylic acids is 1. The summed E-state index contributed by atoms with van der Waals surface area (Å²) in [4.78, 5) is 18.6. The monoisotopic (exact) mass is 544 g/mol. The second-order valence-electron chi connectivity index (χ2n) is 13.0. The molecule has 1 atom stereocenters. The molecule has 5 rings (SSSR count). The Morgan fingerprint density at radius 2 is 1.65 bits per heavy atom. The molecule has 1 aliphatic carbocycles. The second kappa shape index (κ2) is 11.2. The Morgan fingerprint density at radius 1 is 0.950 bits per heavy atom. The molecule has 2 saturated heterocycles. The number of ether oxygens (including phenoxy) is 2. The number of carbonyl (C=O) groups is 1.